The summed E-state index contributed by atoms with van der Waals surface area (Å²) in [7, 11) is 2.26. The first-order valence-electron chi connectivity index (χ1n) is 8.74. The SMILES string of the molecule is CN(CCC1(c2ccccc2)COc2ccccc21)CC1CC1. The van der Waals surface area contributed by atoms with Crippen LogP contribution in [0.25, 0.3) is 0 Å². The van der Waals surface area contributed by atoms with Gasteiger partial charge in [0, 0.05) is 12.1 Å². The van der Waals surface area contributed by atoms with Crippen molar-refractivity contribution in [3.63, 3.8) is 0 Å². The first kappa shape index (κ1) is 14.8. The Hall–Kier alpha value is -1.80. The van der Waals surface area contributed by atoms with Gasteiger partial charge < -0.3 is 9.64 Å². The van der Waals surface area contributed by atoms with Gasteiger partial charge in [-0.2, -0.15) is 0 Å². The Morgan fingerprint density at radius 1 is 1.04 bits per heavy atom. The van der Waals surface area contributed by atoms with Gasteiger partial charge in [-0.1, -0.05) is 48.5 Å². The molecule has 2 nitrogen and oxygen atoms in total. The van der Waals surface area contributed by atoms with Crippen LogP contribution in [0.4, 0.5) is 0 Å². The van der Waals surface area contributed by atoms with Crippen LogP contribution in [-0.4, -0.2) is 31.6 Å². The van der Waals surface area contributed by atoms with E-state index in [4.69, 9.17) is 4.74 Å². The van der Waals surface area contributed by atoms with Crippen LogP contribution in [0.5, 0.6) is 5.75 Å². The molecule has 0 spiro atoms. The van der Waals surface area contributed by atoms with Crippen LogP contribution in [0.15, 0.2) is 54.6 Å². The molecule has 0 aromatic heterocycles. The first-order valence-corrected chi connectivity index (χ1v) is 8.74. The molecule has 1 aliphatic heterocycles. The van der Waals surface area contributed by atoms with Crippen molar-refractivity contribution in [1.82, 2.24) is 4.90 Å². The lowest BCUT2D eigenvalue weighted by atomic mass is 9.73. The summed E-state index contributed by atoms with van der Waals surface area (Å²) in [5.41, 5.74) is 2.73. The maximum Gasteiger partial charge on any atom is 0.123 e. The molecule has 4 rings (SSSR count). The van der Waals surface area contributed by atoms with E-state index in [1.807, 2.05) is 0 Å². The lowest BCUT2D eigenvalue weighted by Gasteiger charge is -2.31. The molecule has 2 heteroatoms. The van der Waals surface area contributed by atoms with Gasteiger partial charge in [0.15, 0.2) is 0 Å². The van der Waals surface area contributed by atoms with Crippen LogP contribution in [-0.2, 0) is 5.41 Å². The van der Waals surface area contributed by atoms with Gasteiger partial charge in [-0.3, -0.25) is 0 Å². The topological polar surface area (TPSA) is 12.5 Å². The molecule has 120 valence electrons. The van der Waals surface area contributed by atoms with Gasteiger partial charge >= 0.3 is 0 Å². The number of para-hydroxylation sites is 1. The molecule has 2 aliphatic rings. The lowest BCUT2D eigenvalue weighted by molar-refractivity contribution is 0.244. The summed E-state index contributed by atoms with van der Waals surface area (Å²) in [6.07, 6.45) is 3.94. The van der Waals surface area contributed by atoms with E-state index in [9.17, 15) is 0 Å². The number of fused-ring (bicyclic) bond motifs is 1. The molecule has 0 N–H and O–H groups in total. The quantitative estimate of drug-likeness (QED) is 0.797. The minimum Gasteiger partial charge on any atom is -0.492 e. The highest BCUT2D eigenvalue weighted by Crippen LogP contribution is 2.45. The Balaban J connectivity index is 1.62. The fraction of sp³-hybridized carbons (Fsp3) is 0.429. The van der Waals surface area contributed by atoms with Gasteiger partial charge in [-0.15, -0.1) is 0 Å². The summed E-state index contributed by atoms with van der Waals surface area (Å²) in [5.74, 6) is 2.00. The minimum atomic E-state index is -0.00430. The zero-order valence-corrected chi connectivity index (χ0v) is 13.9. The molecule has 1 unspecified atom stereocenters. The molecule has 0 radical (unpaired) electrons. The smallest absolute Gasteiger partial charge is 0.123 e. The maximum absolute atomic E-state index is 6.08. The third-order valence-electron chi connectivity index (χ3n) is 5.39. The van der Waals surface area contributed by atoms with E-state index >= 15 is 0 Å². The van der Waals surface area contributed by atoms with Crippen molar-refractivity contribution in [2.75, 3.05) is 26.7 Å². The predicted molar refractivity (Wildman–Crippen MR) is 94.0 cm³/mol. The molecule has 2 aromatic carbocycles. The molecule has 1 atom stereocenters. The zero-order chi connectivity index (χ0) is 15.7. The van der Waals surface area contributed by atoms with E-state index in [1.165, 1.54) is 30.5 Å². The summed E-state index contributed by atoms with van der Waals surface area (Å²) < 4.78 is 6.08. The predicted octanol–water partition coefficient (Wildman–Crippen LogP) is 4.10. The van der Waals surface area contributed by atoms with Crippen LogP contribution in [0.1, 0.15) is 30.4 Å². The molecule has 1 aliphatic carbocycles. The molecular weight excluding hydrogens is 282 g/mol. The fourth-order valence-electron chi connectivity index (χ4n) is 3.83. The van der Waals surface area contributed by atoms with Crippen molar-refractivity contribution >= 4 is 0 Å². The highest BCUT2D eigenvalue weighted by atomic mass is 16.5. The van der Waals surface area contributed by atoms with E-state index in [-0.39, 0.29) is 5.41 Å². The Bertz CT molecular complexity index is 665. The van der Waals surface area contributed by atoms with E-state index in [0.29, 0.717) is 0 Å². The average molecular weight is 307 g/mol. The second kappa shape index (κ2) is 6.01. The van der Waals surface area contributed by atoms with Crippen molar-refractivity contribution in [3.05, 3.63) is 65.7 Å². The number of benzene rings is 2. The highest BCUT2D eigenvalue weighted by Gasteiger charge is 2.42. The van der Waals surface area contributed by atoms with Crippen molar-refractivity contribution in [1.29, 1.82) is 0 Å². The second-order valence-corrected chi connectivity index (χ2v) is 7.19. The molecular formula is C21H25NO. The van der Waals surface area contributed by atoms with Gasteiger partial charge in [0.2, 0.25) is 0 Å². The van der Waals surface area contributed by atoms with Crippen LogP contribution >= 0.6 is 0 Å². The Morgan fingerprint density at radius 2 is 1.78 bits per heavy atom. The summed E-state index contributed by atoms with van der Waals surface area (Å²) in [6, 6.07) is 19.5. The monoisotopic (exact) mass is 307 g/mol. The van der Waals surface area contributed by atoms with Crippen molar-refractivity contribution in [3.8, 4) is 5.75 Å². The third-order valence-corrected chi connectivity index (χ3v) is 5.39. The molecule has 0 amide bonds. The van der Waals surface area contributed by atoms with Gasteiger partial charge in [0.1, 0.15) is 12.4 Å². The molecule has 0 bridgehead atoms. The minimum absolute atomic E-state index is 0.00430. The van der Waals surface area contributed by atoms with Crippen LogP contribution in [0, 0.1) is 5.92 Å². The zero-order valence-electron chi connectivity index (χ0n) is 13.9. The fourth-order valence-corrected chi connectivity index (χ4v) is 3.83. The molecule has 1 fully saturated rings. The summed E-state index contributed by atoms with van der Waals surface area (Å²) in [6.45, 7) is 3.12. The standard InChI is InChI=1S/C21H25NO/c1-22(15-17-11-12-17)14-13-21(18-7-3-2-4-8-18)16-23-20-10-6-5-9-19(20)21/h2-10,17H,11-16H2,1H3. The number of ether oxygens (including phenoxy) is 1. The molecule has 1 heterocycles. The van der Waals surface area contributed by atoms with E-state index in [1.54, 1.807) is 0 Å². The average Bonchev–Trinajstić information content (AvgIpc) is 3.33. The number of hydrogen-bond donors (Lipinski definition) is 0. The highest BCUT2D eigenvalue weighted by molar-refractivity contribution is 5.50. The Kier molecular flexibility index (Phi) is 3.86. The molecule has 1 saturated carbocycles. The largest absolute Gasteiger partial charge is 0.492 e. The molecule has 2 aromatic rings. The van der Waals surface area contributed by atoms with Crippen molar-refractivity contribution < 1.29 is 4.74 Å². The van der Waals surface area contributed by atoms with E-state index in [2.05, 4.69) is 66.5 Å². The maximum atomic E-state index is 6.08. The van der Waals surface area contributed by atoms with Gasteiger partial charge in [0.05, 0.1) is 5.41 Å². The Labute approximate surface area is 139 Å². The van der Waals surface area contributed by atoms with E-state index < -0.39 is 0 Å². The summed E-state index contributed by atoms with van der Waals surface area (Å²) in [4.78, 5) is 2.50. The molecule has 0 saturated heterocycles. The lowest BCUT2D eigenvalue weighted by Crippen LogP contribution is -2.35. The summed E-state index contributed by atoms with van der Waals surface area (Å²) >= 11 is 0. The van der Waals surface area contributed by atoms with Crippen LogP contribution in [0.2, 0.25) is 0 Å². The van der Waals surface area contributed by atoms with E-state index in [0.717, 1.165) is 31.2 Å². The Morgan fingerprint density at radius 3 is 2.57 bits per heavy atom. The van der Waals surface area contributed by atoms with Crippen LogP contribution in [0.3, 0.4) is 0 Å². The van der Waals surface area contributed by atoms with Gasteiger partial charge in [-0.25, -0.2) is 0 Å². The first-order chi connectivity index (χ1) is 11.3. The van der Waals surface area contributed by atoms with Crippen molar-refractivity contribution in [2.45, 2.75) is 24.7 Å². The number of rotatable bonds is 6. The summed E-state index contributed by atoms with van der Waals surface area (Å²) in [5, 5.41) is 0. The molecule has 23 heavy (non-hydrogen) atoms. The van der Waals surface area contributed by atoms with Crippen LogP contribution < -0.4 is 4.74 Å². The third kappa shape index (κ3) is 2.88. The van der Waals surface area contributed by atoms with Gasteiger partial charge in [-0.05, 0) is 50.4 Å². The number of nitrogens with zero attached hydrogens (tertiary/aromatic N) is 1. The normalized spacial score (nSPS) is 22.9. The second-order valence-electron chi connectivity index (χ2n) is 7.19. The number of hydrogen-bond acceptors (Lipinski definition) is 2. The van der Waals surface area contributed by atoms with Crippen molar-refractivity contribution in [2.24, 2.45) is 5.92 Å². The van der Waals surface area contributed by atoms with Gasteiger partial charge in [0.25, 0.3) is 0 Å².